The third kappa shape index (κ3) is 3.14. The van der Waals surface area contributed by atoms with Crippen LogP contribution < -0.4 is 4.74 Å². The number of ether oxygens (including phenoxy) is 3. The third-order valence-electron chi connectivity index (χ3n) is 5.53. The summed E-state index contributed by atoms with van der Waals surface area (Å²) in [7, 11) is 1.68. The van der Waals surface area contributed by atoms with E-state index in [1.54, 1.807) is 7.11 Å². The van der Waals surface area contributed by atoms with E-state index >= 15 is 0 Å². The first-order valence-corrected chi connectivity index (χ1v) is 10.1. The van der Waals surface area contributed by atoms with Crippen molar-refractivity contribution in [3.8, 4) is 22.7 Å². The Labute approximate surface area is 175 Å². The van der Waals surface area contributed by atoms with Crippen LogP contribution in [0, 0.1) is 0 Å². The zero-order valence-corrected chi connectivity index (χ0v) is 17.5. The van der Waals surface area contributed by atoms with Crippen LogP contribution in [0.4, 0.5) is 0 Å². The van der Waals surface area contributed by atoms with Crippen molar-refractivity contribution in [3.05, 3.63) is 64.8 Å². The Morgan fingerprint density at radius 3 is 2.52 bits per heavy atom. The van der Waals surface area contributed by atoms with Gasteiger partial charge in [0.05, 0.1) is 30.7 Å². The van der Waals surface area contributed by atoms with E-state index in [4.69, 9.17) is 30.9 Å². The number of methoxy groups -OCH3 is 1. The van der Waals surface area contributed by atoms with Gasteiger partial charge in [-0.1, -0.05) is 35.9 Å². The van der Waals surface area contributed by atoms with Gasteiger partial charge in [0.1, 0.15) is 11.4 Å². The molecule has 1 spiro atoms. The molecule has 5 nitrogen and oxygen atoms in total. The summed E-state index contributed by atoms with van der Waals surface area (Å²) in [5, 5.41) is 5.68. The number of nitrogens with zero attached hydrogens (tertiary/aromatic N) is 2. The molecule has 0 bridgehead atoms. The summed E-state index contributed by atoms with van der Waals surface area (Å²) < 4.78 is 20.0. The smallest absolute Gasteiger partial charge is 0.178 e. The molecule has 5 rings (SSSR count). The number of para-hydroxylation sites is 2. The molecule has 1 aliphatic heterocycles. The van der Waals surface area contributed by atoms with E-state index in [-0.39, 0.29) is 5.60 Å². The Kier molecular flexibility index (Phi) is 4.24. The van der Waals surface area contributed by atoms with Crippen molar-refractivity contribution >= 4 is 11.6 Å². The number of hydrogen-bond acceptors (Lipinski definition) is 4. The first-order valence-electron chi connectivity index (χ1n) is 9.74. The Morgan fingerprint density at radius 2 is 1.83 bits per heavy atom. The molecule has 29 heavy (non-hydrogen) atoms. The summed E-state index contributed by atoms with van der Waals surface area (Å²) in [6.45, 7) is 4.71. The molecule has 1 aromatic heterocycles. The van der Waals surface area contributed by atoms with Gasteiger partial charge < -0.3 is 14.2 Å². The minimum atomic E-state index is -0.623. The number of aromatic nitrogens is 2. The monoisotopic (exact) mass is 410 g/mol. The minimum Gasteiger partial charge on any atom is -0.494 e. The fourth-order valence-corrected chi connectivity index (χ4v) is 4.46. The molecule has 3 aromatic rings. The number of halogens is 1. The van der Waals surface area contributed by atoms with Crippen molar-refractivity contribution < 1.29 is 14.2 Å². The van der Waals surface area contributed by atoms with Gasteiger partial charge >= 0.3 is 0 Å². The van der Waals surface area contributed by atoms with E-state index in [0.29, 0.717) is 24.5 Å². The summed E-state index contributed by atoms with van der Waals surface area (Å²) in [5.74, 6) is 0.149. The highest BCUT2D eigenvalue weighted by Crippen LogP contribution is 2.45. The van der Waals surface area contributed by atoms with E-state index < -0.39 is 5.79 Å². The zero-order valence-electron chi connectivity index (χ0n) is 16.7. The molecule has 0 saturated carbocycles. The topological polar surface area (TPSA) is 45.5 Å². The van der Waals surface area contributed by atoms with E-state index in [1.165, 1.54) is 0 Å². The summed E-state index contributed by atoms with van der Waals surface area (Å²) in [6.07, 6.45) is 1.30. The van der Waals surface area contributed by atoms with Crippen molar-refractivity contribution in [2.45, 2.75) is 38.1 Å². The SMILES string of the molecule is COc1ccccc1-n1nc2c(c1-c1ccc(Cl)cc1)CC1(C2)OCC(C)(C)O1. The minimum absolute atomic E-state index is 0.289. The van der Waals surface area contributed by atoms with Crippen LogP contribution >= 0.6 is 11.6 Å². The number of fused-ring (bicyclic) bond motifs is 1. The molecule has 1 unspecified atom stereocenters. The van der Waals surface area contributed by atoms with Crippen molar-refractivity contribution in [2.24, 2.45) is 0 Å². The van der Waals surface area contributed by atoms with Gasteiger partial charge in [0.25, 0.3) is 0 Å². The first-order chi connectivity index (χ1) is 13.9. The summed E-state index contributed by atoms with van der Waals surface area (Å²) >= 11 is 6.14. The Hall–Kier alpha value is -2.34. The molecule has 2 heterocycles. The third-order valence-corrected chi connectivity index (χ3v) is 5.78. The lowest BCUT2D eigenvalue weighted by Crippen LogP contribution is -2.34. The summed E-state index contributed by atoms with van der Waals surface area (Å²) in [5.41, 5.74) is 4.83. The van der Waals surface area contributed by atoms with E-state index in [0.717, 1.165) is 34.0 Å². The number of benzene rings is 2. The molecular weight excluding hydrogens is 388 g/mol. The Morgan fingerprint density at radius 1 is 1.07 bits per heavy atom. The molecule has 6 heteroatoms. The lowest BCUT2D eigenvalue weighted by atomic mass is 10.0. The average molecular weight is 411 g/mol. The van der Waals surface area contributed by atoms with Crippen LogP contribution in [-0.2, 0) is 22.3 Å². The van der Waals surface area contributed by atoms with Gasteiger partial charge in [-0.05, 0) is 38.1 Å². The van der Waals surface area contributed by atoms with Crippen LogP contribution in [0.3, 0.4) is 0 Å². The van der Waals surface area contributed by atoms with Crippen molar-refractivity contribution in [1.82, 2.24) is 9.78 Å². The van der Waals surface area contributed by atoms with Crippen LogP contribution in [-0.4, -0.2) is 34.9 Å². The molecule has 2 aromatic carbocycles. The molecule has 0 radical (unpaired) electrons. The maximum atomic E-state index is 6.32. The molecule has 2 aliphatic rings. The van der Waals surface area contributed by atoms with Crippen molar-refractivity contribution in [3.63, 3.8) is 0 Å². The van der Waals surface area contributed by atoms with Gasteiger partial charge in [0.2, 0.25) is 0 Å². The normalized spacial score (nSPS) is 22.2. The maximum absolute atomic E-state index is 6.32. The van der Waals surface area contributed by atoms with Gasteiger partial charge in [0.15, 0.2) is 5.79 Å². The van der Waals surface area contributed by atoms with Gasteiger partial charge in [-0.15, -0.1) is 0 Å². The largest absolute Gasteiger partial charge is 0.494 e. The van der Waals surface area contributed by atoms with Crippen LogP contribution in [0.15, 0.2) is 48.5 Å². The van der Waals surface area contributed by atoms with E-state index in [9.17, 15) is 0 Å². The second kappa shape index (κ2) is 6.59. The predicted octanol–water partition coefficient (Wildman–Crippen LogP) is 4.82. The molecular formula is C23H23ClN2O3. The zero-order chi connectivity index (χ0) is 20.2. The highest BCUT2D eigenvalue weighted by atomic mass is 35.5. The fourth-order valence-electron chi connectivity index (χ4n) is 4.34. The molecule has 1 saturated heterocycles. The second-order valence-electron chi connectivity index (χ2n) is 8.28. The molecule has 1 aliphatic carbocycles. The van der Waals surface area contributed by atoms with Gasteiger partial charge in [-0.2, -0.15) is 5.10 Å². The molecule has 0 N–H and O–H groups in total. The number of rotatable bonds is 3. The van der Waals surface area contributed by atoms with Crippen molar-refractivity contribution in [1.29, 1.82) is 0 Å². The molecule has 1 fully saturated rings. The lowest BCUT2D eigenvalue weighted by molar-refractivity contribution is -0.173. The average Bonchev–Trinajstić information content (AvgIpc) is 3.31. The Bertz CT molecular complexity index is 1070. The quantitative estimate of drug-likeness (QED) is 0.621. The van der Waals surface area contributed by atoms with Crippen LogP contribution in [0.2, 0.25) is 5.02 Å². The molecule has 0 amide bonds. The second-order valence-corrected chi connectivity index (χ2v) is 8.72. The highest BCUT2D eigenvalue weighted by molar-refractivity contribution is 6.30. The van der Waals surface area contributed by atoms with E-state index in [1.807, 2.05) is 53.2 Å². The molecule has 1 atom stereocenters. The highest BCUT2D eigenvalue weighted by Gasteiger charge is 2.51. The lowest BCUT2D eigenvalue weighted by Gasteiger charge is -2.25. The summed E-state index contributed by atoms with van der Waals surface area (Å²) in [6, 6.07) is 15.8. The van der Waals surface area contributed by atoms with Crippen LogP contribution in [0.1, 0.15) is 25.1 Å². The standard InChI is InChI=1S/C23H23ClN2O3/c1-22(2)14-28-23(29-22)12-17-18(13-23)25-26(19-6-4-5-7-20(19)27-3)21(17)15-8-10-16(24)11-9-15/h4-11H,12-14H2,1-3H3. The number of hydrogen-bond donors (Lipinski definition) is 0. The van der Waals surface area contributed by atoms with Gasteiger partial charge in [0, 0.05) is 29.0 Å². The van der Waals surface area contributed by atoms with Crippen molar-refractivity contribution in [2.75, 3.05) is 13.7 Å². The predicted molar refractivity (Wildman–Crippen MR) is 112 cm³/mol. The van der Waals surface area contributed by atoms with Crippen LogP contribution in [0.5, 0.6) is 5.75 Å². The summed E-state index contributed by atoms with van der Waals surface area (Å²) in [4.78, 5) is 0. The van der Waals surface area contributed by atoms with Gasteiger partial charge in [-0.25, -0.2) is 4.68 Å². The van der Waals surface area contributed by atoms with E-state index in [2.05, 4.69) is 13.8 Å². The fraction of sp³-hybridized carbons (Fsp3) is 0.348. The Balaban J connectivity index is 1.66. The first kappa shape index (κ1) is 18.7. The van der Waals surface area contributed by atoms with Crippen LogP contribution in [0.25, 0.3) is 16.9 Å². The molecule has 150 valence electrons. The van der Waals surface area contributed by atoms with Gasteiger partial charge in [-0.3, -0.25) is 0 Å². The maximum Gasteiger partial charge on any atom is 0.178 e.